The van der Waals surface area contributed by atoms with E-state index in [0.717, 1.165) is 18.1 Å². The van der Waals surface area contributed by atoms with Gasteiger partial charge in [0.05, 0.1) is 5.69 Å². The van der Waals surface area contributed by atoms with Crippen molar-refractivity contribution in [1.29, 1.82) is 0 Å². The molecule has 0 amide bonds. The molecular weight excluding hydrogens is 228 g/mol. The van der Waals surface area contributed by atoms with E-state index in [1.54, 1.807) is 4.68 Å². The van der Waals surface area contributed by atoms with Crippen LogP contribution >= 0.6 is 0 Å². The van der Waals surface area contributed by atoms with Crippen LogP contribution in [0.2, 0.25) is 0 Å². The average Bonchev–Trinajstić information content (AvgIpc) is 3.07. The maximum Gasteiger partial charge on any atom is 0.224 e. The molecule has 0 atom stereocenters. The van der Waals surface area contributed by atoms with Crippen LogP contribution in [0, 0.1) is 0 Å². The topological polar surface area (TPSA) is 81.7 Å². The average molecular weight is 244 g/mol. The highest BCUT2D eigenvalue weighted by Crippen LogP contribution is 2.38. The second kappa shape index (κ2) is 4.29. The van der Waals surface area contributed by atoms with Crippen LogP contribution in [-0.4, -0.2) is 26.3 Å². The third-order valence-electron chi connectivity index (χ3n) is 2.93. The lowest BCUT2D eigenvalue weighted by molar-refractivity contribution is 0.810. The van der Waals surface area contributed by atoms with Gasteiger partial charge in [-0.15, -0.1) is 0 Å². The van der Waals surface area contributed by atoms with E-state index < -0.39 is 0 Å². The van der Waals surface area contributed by atoms with Crippen LogP contribution in [0.5, 0.6) is 0 Å². The van der Waals surface area contributed by atoms with E-state index in [1.807, 2.05) is 25.3 Å². The zero-order valence-corrected chi connectivity index (χ0v) is 10.3. The van der Waals surface area contributed by atoms with Gasteiger partial charge >= 0.3 is 0 Å². The van der Waals surface area contributed by atoms with Crippen LogP contribution in [0.3, 0.4) is 0 Å². The monoisotopic (exact) mass is 244 g/mol. The Bertz CT molecular complexity index is 557. The summed E-state index contributed by atoms with van der Waals surface area (Å²) in [6.07, 6.45) is 4.41. The smallest absolute Gasteiger partial charge is 0.224 e. The summed E-state index contributed by atoms with van der Waals surface area (Å²) in [4.78, 5) is 8.32. The molecule has 0 spiro atoms. The molecule has 18 heavy (non-hydrogen) atoms. The summed E-state index contributed by atoms with van der Waals surface area (Å²) in [6.45, 7) is 2.80. The SMILES string of the molecule is CCNc1cc(-n2ccc(C3CC3)n2)nc(N)n1. The first-order chi connectivity index (χ1) is 8.76. The minimum atomic E-state index is 0.256. The van der Waals surface area contributed by atoms with Gasteiger partial charge in [0.1, 0.15) is 5.82 Å². The highest BCUT2D eigenvalue weighted by molar-refractivity contribution is 5.45. The van der Waals surface area contributed by atoms with Gasteiger partial charge in [0, 0.05) is 24.7 Å². The third-order valence-corrected chi connectivity index (χ3v) is 2.93. The second-order valence-corrected chi connectivity index (χ2v) is 4.46. The Balaban J connectivity index is 1.93. The predicted molar refractivity (Wildman–Crippen MR) is 69.7 cm³/mol. The standard InChI is InChI=1S/C12H16N6/c1-2-14-10-7-11(16-12(13)15-10)18-6-5-9(17-18)8-3-4-8/h5-8H,2-4H2,1H3,(H3,13,14,15,16). The Kier molecular flexibility index (Phi) is 2.62. The Morgan fingerprint density at radius 2 is 2.28 bits per heavy atom. The van der Waals surface area contributed by atoms with Crippen LogP contribution in [0.25, 0.3) is 5.82 Å². The number of nitrogen functional groups attached to an aromatic ring is 1. The summed E-state index contributed by atoms with van der Waals surface area (Å²) in [6, 6.07) is 3.90. The summed E-state index contributed by atoms with van der Waals surface area (Å²) in [7, 11) is 0. The summed E-state index contributed by atoms with van der Waals surface area (Å²) in [5.41, 5.74) is 6.84. The highest BCUT2D eigenvalue weighted by atomic mass is 15.3. The molecule has 0 saturated heterocycles. The summed E-state index contributed by atoms with van der Waals surface area (Å²) in [5, 5.41) is 7.66. The molecular formula is C12H16N6. The van der Waals surface area contributed by atoms with E-state index >= 15 is 0 Å². The van der Waals surface area contributed by atoms with E-state index in [2.05, 4.69) is 20.4 Å². The van der Waals surface area contributed by atoms with E-state index in [-0.39, 0.29) is 5.95 Å². The van der Waals surface area contributed by atoms with Crippen LogP contribution in [-0.2, 0) is 0 Å². The molecule has 2 aromatic rings. The molecule has 2 aromatic heterocycles. The molecule has 6 heteroatoms. The number of nitrogens with one attached hydrogen (secondary N) is 1. The van der Waals surface area contributed by atoms with Gasteiger partial charge in [-0.05, 0) is 25.8 Å². The number of hydrogen-bond acceptors (Lipinski definition) is 5. The van der Waals surface area contributed by atoms with Crippen molar-refractivity contribution < 1.29 is 0 Å². The summed E-state index contributed by atoms with van der Waals surface area (Å²) < 4.78 is 1.76. The first-order valence-corrected chi connectivity index (χ1v) is 6.20. The van der Waals surface area contributed by atoms with E-state index in [0.29, 0.717) is 11.7 Å². The molecule has 1 fully saturated rings. The van der Waals surface area contributed by atoms with Crippen molar-refractivity contribution in [3.8, 4) is 5.82 Å². The van der Waals surface area contributed by atoms with E-state index in [1.165, 1.54) is 12.8 Å². The molecule has 94 valence electrons. The number of rotatable bonds is 4. The third kappa shape index (κ3) is 2.13. The zero-order chi connectivity index (χ0) is 12.5. The number of aromatic nitrogens is 4. The van der Waals surface area contributed by atoms with Crippen molar-refractivity contribution in [2.24, 2.45) is 0 Å². The first-order valence-electron chi connectivity index (χ1n) is 6.20. The maximum atomic E-state index is 5.70. The van der Waals surface area contributed by atoms with Gasteiger partial charge < -0.3 is 11.1 Å². The fourth-order valence-corrected chi connectivity index (χ4v) is 1.90. The fraction of sp³-hybridized carbons (Fsp3) is 0.417. The van der Waals surface area contributed by atoms with Crippen LogP contribution < -0.4 is 11.1 Å². The molecule has 0 bridgehead atoms. The van der Waals surface area contributed by atoms with E-state index in [4.69, 9.17) is 5.73 Å². The molecule has 6 nitrogen and oxygen atoms in total. The van der Waals surface area contributed by atoms with Crippen molar-refractivity contribution >= 4 is 11.8 Å². The van der Waals surface area contributed by atoms with Gasteiger partial charge in [0.15, 0.2) is 5.82 Å². The molecule has 0 aromatic carbocycles. The minimum Gasteiger partial charge on any atom is -0.370 e. The van der Waals surface area contributed by atoms with Crippen LogP contribution in [0.4, 0.5) is 11.8 Å². The lowest BCUT2D eigenvalue weighted by atomic mass is 10.3. The van der Waals surface area contributed by atoms with Gasteiger partial charge in [-0.1, -0.05) is 0 Å². The maximum absolute atomic E-state index is 5.70. The normalized spacial score (nSPS) is 14.7. The zero-order valence-electron chi connectivity index (χ0n) is 10.3. The molecule has 3 N–H and O–H groups in total. The summed E-state index contributed by atoms with van der Waals surface area (Å²) in [5.74, 6) is 2.32. The van der Waals surface area contributed by atoms with Crippen LogP contribution in [0.15, 0.2) is 18.3 Å². The first kappa shape index (κ1) is 11.0. The lowest BCUT2D eigenvalue weighted by Gasteiger charge is -2.06. The number of hydrogen-bond donors (Lipinski definition) is 2. The van der Waals surface area contributed by atoms with Gasteiger partial charge in [-0.25, -0.2) is 4.68 Å². The Morgan fingerprint density at radius 1 is 1.44 bits per heavy atom. The Hall–Kier alpha value is -2.11. The van der Waals surface area contributed by atoms with Crippen molar-refractivity contribution in [2.75, 3.05) is 17.6 Å². The van der Waals surface area contributed by atoms with Gasteiger partial charge in [-0.3, -0.25) is 0 Å². The largest absolute Gasteiger partial charge is 0.370 e. The summed E-state index contributed by atoms with van der Waals surface area (Å²) >= 11 is 0. The van der Waals surface area contributed by atoms with Crippen molar-refractivity contribution in [3.63, 3.8) is 0 Å². The number of anilines is 2. The van der Waals surface area contributed by atoms with Crippen LogP contribution in [0.1, 0.15) is 31.4 Å². The number of nitrogens with zero attached hydrogens (tertiary/aromatic N) is 4. The Morgan fingerprint density at radius 3 is 3.00 bits per heavy atom. The van der Waals surface area contributed by atoms with Crippen molar-refractivity contribution in [1.82, 2.24) is 19.7 Å². The fourth-order valence-electron chi connectivity index (χ4n) is 1.90. The van der Waals surface area contributed by atoms with Crippen molar-refractivity contribution in [2.45, 2.75) is 25.7 Å². The quantitative estimate of drug-likeness (QED) is 0.852. The molecule has 2 heterocycles. The minimum absolute atomic E-state index is 0.256. The van der Waals surface area contributed by atoms with Gasteiger partial charge in [-0.2, -0.15) is 15.1 Å². The van der Waals surface area contributed by atoms with Crippen molar-refractivity contribution in [3.05, 3.63) is 24.0 Å². The van der Waals surface area contributed by atoms with Gasteiger partial charge in [0.2, 0.25) is 5.95 Å². The second-order valence-electron chi connectivity index (χ2n) is 4.46. The van der Waals surface area contributed by atoms with E-state index in [9.17, 15) is 0 Å². The molecule has 0 radical (unpaired) electrons. The molecule has 3 rings (SSSR count). The molecule has 0 unspecified atom stereocenters. The predicted octanol–water partition coefficient (Wildman–Crippen LogP) is 1.55. The highest BCUT2D eigenvalue weighted by Gasteiger charge is 2.26. The molecule has 1 aliphatic rings. The Labute approximate surface area is 105 Å². The molecule has 1 saturated carbocycles. The molecule has 1 aliphatic carbocycles. The molecule has 0 aliphatic heterocycles. The lowest BCUT2D eigenvalue weighted by Crippen LogP contribution is -2.07. The van der Waals surface area contributed by atoms with Gasteiger partial charge in [0.25, 0.3) is 0 Å². The number of nitrogens with two attached hydrogens (primary N) is 1.